The molecule has 1 heterocycles. The van der Waals surface area contributed by atoms with Crippen LogP contribution in [0.3, 0.4) is 0 Å². The Kier molecular flexibility index (Phi) is 6.60. The van der Waals surface area contributed by atoms with Crippen molar-refractivity contribution in [1.29, 1.82) is 0 Å². The van der Waals surface area contributed by atoms with Crippen molar-refractivity contribution in [3.8, 4) is 0 Å². The van der Waals surface area contributed by atoms with E-state index in [1.54, 1.807) is 14.0 Å². The number of anilines is 1. The van der Waals surface area contributed by atoms with Crippen molar-refractivity contribution >= 4 is 45.3 Å². The predicted octanol–water partition coefficient (Wildman–Crippen LogP) is 1.61. The summed E-state index contributed by atoms with van der Waals surface area (Å²) in [4.78, 5) is 24.0. The van der Waals surface area contributed by atoms with Crippen molar-refractivity contribution < 1.29 is 22.7 Å². The second-order valence-electron chi connectivity index (χ2n) is 5.89. The number of aromatic nitrogens is 2. The number of nitrogens with zero attached hydrogens (tertiary/aromatic N) is 2. The summed E-state index contributed by atoms with van der Waals surface area (Å²) in [7, 11) is -2.23. The van der Waals surface area contributed by atoms with Crippen molar-refractivity contribution in [2.24, 2.45) is 12.2 Å². The molecule has 0 saturated heterocycles. The zero-order chi connectivity index (χ0) is 21.1. The largest absolute Gasteiger partial charge is 0.449 e. The van der Waals surface area contributed by atoms with Crippen LogP contribution in [0.15, 0.2) is 35.2 Å². The van der Waals surface area contributed by atoms with Crippen LogP contribution < -0.4 is 10.5 Å². The van der Waals surface area contributed by atoms with E-state index < -0.39 is 28.0 Å². The highest BCUT2D eigenvalue weighted by Crippen LogP contribution is 2.20. The molecule has 0 aliphatic rings. The average Bonchev–Trinajstić information content (AvgIpc) is 2.84. The third-order valence-electron chi connectivity index (χ3n) is 3.67. The molecule has 1 aromatic heterocycles. The van der Waals surface area contributed by atoms with E-state index in [0.29, 0.717) is 16.4 Å². The lowest BCUT2D eigenvalue weighted by Gasteiger charge is -2.12. The Balaban J connectivity index is 2.00. The maximum absolute atomic E-state index is 12.2. The first-order valence-electron chi connectivity index (χ1n) is 8.00. The van der Waals surface area contributed by atoms with Gasteiger partial charge in [0.2, 0.25) is 10.0 Å². The number of esters is 1. The topological polar surface area (TPSA) is 133 Å². The lowest BCUT2D eigenvalue weighted by atomic mass is 10.2. The number of ether oxygens (including phenoxy) is 1. The Morgan fingerprint density at radius 3 is 2.64 bits per heavy atom. The van der Waals surface area contributed by atoms with Gasteiger partial charge in [-0.2, -0.15) is 5.10 Å². The number of amides is 1. The minimum absolute atomic E-state index is 0.151. The molecule has 1 atom stereocenters. The highest BCUT2D eigenvalue weighted by molar-refractivity contribution is 7.89. The molecule has 3 N–H and O–H groups in total. The van der Waals surface area contributed by atoms with Crippen LogP contribution in [-0.4, -0.2) is 36.2 Å². The Morgan fingerprint density at radius 2 is 2.07 bits per heavy atom. The molecule has 2 rings (SSSR count). The average molecular weight is 427 g/mol. The molecule has 2 aromatic rings. The van der Waals surface area contributed by atoms with E-state index in [9.17, 15) is 18.0 Å². The maximum Gasteiger partial charge on any atom is 0.331 e. The number of carbonyl (C=O) groups is 2. The second kappa shape index (κ2) is 8.55. The van der Waals surface area contributed by atoms with Crippen molar-refractivity contribution in [1.82, 2.24) is 9.78 Å². The Labute approximate surface area is 167 Å². The molecule has 0 fully saturated rings. The fourth-order valence-electron chi connectivity index (χ4n) is 2.25. The summed E-state index contributed by atoms with van der Waals surface area (Å²) in [5, 5.41) is 12.0. The van der Waals surface area contributed by atoms with Crippen LogP contribution in [0.2, 0.25) is 5.15 Å². The molecule has 11 heteroatoms. The van der Waals surface area contributed by atoms with E-state index in [-0.39, 0.29) is 10.6 Å². The number of sulfonamides is 1. The number of hydrogen-bond donors (Lipinski definition) is 2. The van der Waals surface area contributed by atoms with Crippen LogP contribution in [0.1, 0.15) is 18.2 Å². The first kappa shape index (κ1) is 21.6. The van der Waals surface area contributed by atoms with Crippen LogP contribution >= 0.6 is 11.6 Å². The standard InChI is InChI=1S/C17H19ClN4O5S/c1-10-14(16(18)22(3)21-10)7-8-15(23)27-11(2)17(24)20-12-5-4-6-13(9-12)28(19,25)26/h4-9,11H,1-3H3,(H,20,24)(H2,19,25,26)/b8-7+. The number of benzene rings is 1. The third kappa shape index (κ3) is 5.41. The molecule has 0 saturated carbocycles. The summed E-state index contributed by atoms with van der Waals surface area (Å²) >= 11 is 6.07. The van der Waals surface area contributed by atoms with Crippen LogP contribution in [0, 0.1) is 6.92 Å². The highest BCUT2D eigenvalue weighted by Gasteiger charge is 2.18. The Bertz CT molecular complexity index is 1050. The molecule has 150 valence electrons. The molecule has 28 heavy (non-hydrogen) atoms. The smallest absolute Gasteiger partial charge is 0.331 e. The maximum atomic E-state index is 12.2. The zero-order valence-electron chi connectivity index (χ0n) is 15.3. The van der Waals surface area contributed by atoms with Crippen LogP contribution in [-0.2, 0) is 31.4 Å². The van der Waals surface area contributed by atoms with Gasteiger partial charge in [-0.3, -0.25) is 9.48 Å². The van der Waals surface area contributed by atoms with Crippen LogP contribution in [0.4, 0.5) is 5.69 Å². The van der Waals surface area contributed by atoms with Crippen LogP contribution in [0.25, 0.3) is 6.08 Å². The zero-order valence-corrected chi connectivity index (χ0v) is 16.9. The van der Waals surface area contributed by atoms with E-state index in [4.69, 9.17) is 21.5 Å². The molecule has 1 amide bonds. The van der Waals surface area contributed by atoms with Gasteiger partial charge in [-0.15, -0.1) is 0 Å². The van der Waals surface area contributed by atoms with Gasteiger partial charge in [0.05, 0.1) is 10.6 Å². The van der Waals surface area contributed by atoms with Gasteiger partial charge in [0.1, 0.15) is 5.15 Å². The van der Waals surface area contributed by atoms with Gasteiger partial charge in [0.15, 0.2) is 6.10 Å². The second-order valence-corrected chi connectivity index (χ2v) is 7.81. The number of aryl methyl sites for hydroxylation is 2. The van der Waals surface area contributed by atoms with Gasteiger partial charge in [-0.25, -0.2) is 18.4 Å². The summed E-state index contributed by atoms with van der Waals surface area (Å²) in [6.45, 7) is 3.12. The molecule has 1 unspecified atom stereocenters. The minimum atomic E-state index is -3.90. The van der Waals surface area contributed by atoms with Crippen molar-refractivity contribution in [3.63, 3.8) is 0 Å². The van der Waals surface area contributed by atoms with Gasteiger partial charge in [-0.05, 0) is 38.1 Å². The molecule has 0 spiro atoms. The summed E-state index contributed by atoms with van der Waals surface area (Å²) in [5.41, 5.74) is 1.41. The van der Waals surface area contributed by atoms with Crippen molar-refractivity contribution in [3.05, 3.63) is 46.8 Å². The lowest BCUT2D eigenvalue weighted by Crippen LogP contribution is -2.29. The number of carbonyl (C=O) groups excluding carboxylic acids is 2. The number of hydrogen-bond acceptors (Lipinski definition) is 6. The fraction of sp³-hybridized carbons (Fsp3) is 0.235. The number of nitrogens with two attached hydrogens (primary N) is 1. The summed E-state index contributed by atoms with van der Waals surface area (Å²) in [6.07, 6.45) is 1.47. The van der Waals surface area contributed by atoms with Gasteiger partial charge in [-0.1, -0.05) is 17.7 Å². The highest BCUT2D eigenvalue weighted by atomic mass is 35.5. The molecule has 1 aromatic carbocycles. The summed E-state index contributed by atoms with van der Waals surface area (Å²) < 4.78 is 29.2. The monoisotopic (exact) mass is 426 g/mol. The van der Waals surface area contributed by atoms with E-state index in [1.807, 2.05) is 0 Å². The Morgan fingerprint density at radius 1 is 1.39 bits per heavy atom. The van der Waals surface area contributed by atoms with Gasteiger partial charge in [0, 0.05) is 24.4 Å². The molecule has 0 aliphatic carbocycles. The molecular formula is C17H19ClN4O5S. The lowest BCUT2D eigenvalue weighted by molar-refractivity contribution is -0.148. The van der Waals surface area contributed by atoms with Gasteiger partial charge in [0.25, 0.3) is 5.91 Å². The van der Waals surface area contributed by atoms with Crippen LogP contribution in [0.5, 0.6) is 0 Å². The van der Waals surface area contributed by atoms with E-state index in [0.717, 1.165) is 6.08 Å². The third-order valence-corrected chi connectivity index (χ3v) is 5.03. The number of halogens is 1. The van der Waals surface area contributed by atoms with E-state index in [2.05, 4.69) is 10.4 Å². The molecular weight excluding hydrogens is 408 g/mol. The quantitative estimate of drug-likeness (QED) is 0.532. The van der Waals surface area contributed by atoms with Crippen molar-refractivity contribution in [2.75, 3.05) is 5.32 Å². The molecule has 0 radical (unpaired) electrons. The van der Waals surface area contributed by atoms with E-state index in [1.165, 1.54) is 41.9 Å². The van der Waals surface area contributed by atoms with Gasteiger partial charge >= 0.3 is 5.97 Å². The minimum Gasteiger partial charge on any atom is -0.449 e. The number of rotatable bonds is 6. The first-order valence-corrected chi connectivity index (χ1v) is 9.93. The predicted molar refractivity (Wildman–Crippen MR) is 104 cm³/mol. The summed E-state index contributed by atoms with van der Waals surface area (Å²) in [5.74, 6) is -1.39. The normalized spacial score (nSPS) is 12.8. The van der Waals surface area contributed by atoms with Gasteiger partial charge < -0.3 is 10.1 Å². The van der Waals surface area contributed by atoms with Crippen molar-refractivity contribution in [2.45, 2.75) is 24.8 Å². The Hall–Kier alpha value is -2.69. The number of primary sulfonamides is 1. The summed E-state index contributed by atoms with van der Waals surface area (Å²) in [6, 6.07) is 5.41. The fourth-order valence-corrected chi connectivity index (χ4v) is 3.05. The SMILES string of the molecule is Cc1nn(C)c(Cl)c1/C=C/C(=O)OC(C)C(=O)Nc1cccc(S(N)(=O)=O)c1. The molecule has 0 aliphatic heterocycles. The molecule has 9 nitrogen and oxygen atoms in total. The number of nitrogens with one attached hydrogen (secondary N) is 1. The van der Waals surface area contributed by atoms with E-state index >= 15 is 0 Å². The first-order chi connectivity index (χ1) is 13.0. The molecule has 0 bridgehead atoms.